The number of aromatic nitrogens is 1. The Morgan fingerprint density at radius 1 is 1.63 bits per heavy atom. The molecule has 1 aliphatic rings. The van der Waals surface area contributed by atoms with Crippen LogP contribution in [-0.2, 0) is 11.3 Å². The van der Waals surface area contributed by atoms with Crippen LogP contribution in [0.2, 0.25) is 0 Å². The maximum Gasteiger partial charge on any atom is 0.142 e. The Bertz CT molecular complexity index is 433. The number of pyridine rings is 1. The van der Waals surface area contributed by atoms with E-state index in [1.54, 1.807) is 13.3 Å². The summed E-state index contributed by atoms with van der Waals surface area (Å²) in [6.45, 7) is 3.76. The lowest BCUT2D eigenvalue weighted by atomic mass is 9.98. The van der Waals surface area contributed by atoms with Crippen LogP contribution in [-0.4, -0.2) is 42.5 Å². The molecule has 1 aromatic rings. The highest BCUT2D eigenvalue weighted by Gasteiger charge is 2.20. The molecule has 0 spiro atoms. The minimum atomic E-state index is 0.0426. The van der Waals surface area contributed by atoms with Gasteiger partial charge in [-0.05, 0) is 36.9 Å². The summed E-state index contributed by atoms with van der Waals surface area (Å²) >= 11 is 0. The van der Waals surface area contributed by atoms with Gasteiger partial charge in [0.25, 0.3) is 0 Å². The first-order valence-electron chi connectivity index (χ1n) is 6.70. The predicted octanol–water partition coefficient (Wildman–Crippen LogP) is 1.22. The summed E-state index contributed by atoms with van der Waals surface area (Å²) in [5.74, 6) is 0.650. The number of nitrogens with two attached hydrogens (primary N) is 1. The van der Waals surface area contributed by atoms with Gasteiger partial charge in [0.15, 0.2) is 0 Å². The number of nitrogens with one attached hydrogen (secondary N) is 1. The van der Waals surface area contributed by atoms with E-state index in [9.17, 15) is 0 Å². The Hall–Kier alpha value is -1.46. The van der Waals surface area contributed by atoms with Crippen molar-refractivity contribution in [1.29, 1.82) is 5.41 Å². The fourth-order valence-corrected chi connectivity index (χ4v) is 2.72. The monoisotopic (exact) mass is 262 g/mol. The molecule has 19 heavy (non-hydrogen) atoms. The van der Waals surface area contributed by atoms with Crippen molar-refractivity contribution in [1.82, 2.24) is 9.88 Å². The van der Waals surface area contributed by atoms with E-state index in [1.807, 2.05) is 12.1 Å². The Balaban J connectivity index is 2.02. The molecule has 1 atom stereocenters. The molecule has 3 N–H and O–H groups in total. The smallest absolute Gasteiger partial charge is 0.142 e. The summed E-state index contributed by atoms with van der Waals surface area (Å²) in [5, 5.41) is 7.58. The summed E-state index contributed by atoms with van der Waals surface area (Å²) in [6, 6.07) is 3.90. The molecule has 0 amide bonds. The molecule has 5 nitrogen and oxygen atoms in total. The van der Waals surface area contributed by atoms with Crippen LogP contribution < -0.4 is 5.73 Å². The van der Waals surface area contributed by atoms with E-state index in [2.05, 4.69) is 9.88 Å². The van der Waals surface area contributed by atoms with Crippen molar-refractivity contribution in [3.05, 3.63) is 29.6 Å². The Morgan fingerprint density at radius 2 is 2.47 bits per heavy atom. The van der Waals surface area contributed by atoms with Crippen LogP contribution >= 0.6 is 0 Å². The predicted molar refractivity (Wildman–Crippen MR) is 75.1 cm³/mol. The van der Waals surface area contributed by atoms with Crippen LogP contribution in [0.4, 0.5) is 0 Å². The maximum absolute atomic E-state index is 7.58. The minimum Gasteiger partial charge on any atom is -0.384 e. The molecule has 1 unspecified atom stereocenters. The summed E-state index contributed by atoms with van der Waals surface area (Å²) < 4.78 is 5.25. The van der Waals surface area contributed by atoms with Gasteiger partial charge in [0.05, 0.1) is 6.61 Å². The highest BCUT2D eigenvalue weighted by atomic mass is 16.5. The van der Waals surface area contributed by atoms with Gasteiger partial charge in [0.2, 0.25) is 0 Å². The first kappa shape index (κ1) is 14.0. The highest BCUT2D eigenvalue weighted by molar-refractivity contribution is 5.94. The molecule has 1 aromatic heterocycles. The van der Waals surface area contributed by atoms with Gasteiger partial charge in [-0.2, -0.15) is 0 Å². The van der Waals surface area contributed by atoms with E-state index >= 15 is 0 Å². The van der Waals surface area contributed by atoms with Gasteiger partial charge < -0.3 is 10.5 Å². The van der Waals surface area contributed by atoms with E-state index in [4.69, 9.17) is 15.9 Å². The summed E-state index contributed by atoms with van der Waals surface area (Å²) in [6.07, 6.45) is 4.12. The van der Waals surface area contributed by atoms with Crippen LogP contribution in [0.3, 0.4) is 0 Å². The molecule has 5 heteroatoms. The van der Waals surface area contributed by atoms with Crippen molar-refractivity contribution in [2.75, 3.05) is 26.8 Å². The fraction of sp³-hybridized carbons (Fsp3) is 0.571. The SMILES string of the molecule is COCC1CCCN(Cc2cccnc2C(=N)N)C1. The average molecular weight is 262 g/mol. The number of hydrogen-bond donors (Lipinski definition) is 2. The van der Waals surface area contributed by atoms with Gasteiger partial charge in [-0.25, -0.2) is 0 Å². The topological polar surface area (TPSA) is 75.2 Å². The molecule has 1 fully saturated rings. The van der Waals surface area contributed by atoms with Crippen LogP contribution in [0.15, 0.2) is 18.3 Å². The molecule has 0 saturated carbocycles. The minimum absolute atomic E-state index is 0.0426. The molecular formula is C14H22N4O. The van der Waals surface area contributed by atoms with E-state index in [0.717, 1.165) is 31.8 Å². The summed E-state index contributed by atoms with van der Waals surface area (Å²) in [7, 11) is 1.76. The lowest BCUT2D eigenvalue weighted by Gasteiger charge is -2.32. The highest BCUT2D eigenvalue weighted by Crippen LogP contribution is 2.19. The van der Waals surface area contributed by atoms with Crippen molar-refractivity contribution >= 4 is 5.84 Å². The molecule has 0 bridgehead atoms. The van der Waals surface area contributed by atoms with E-state index < -0.39 is 0 Å². The number of nitrogen functional groups attached to an aromatic ring is 1. The van der Waals surface area contributed by atoms with Crippen molar-refractivity contribution in [2.45, 2.75) is 19.4 Å². The third-order valence-corrected chi connectivity index (χ3v) is 3.55. The number of methoxy groups -OCH3 is 1. The second-order valence-corrected chi connectivity index (χ2v) is 5.12. The zero-order valence-electron chi connectivity index (χ0n) is 11.4. The molecule has 0 aliphatic carbocycles. The van der Waals surface area contributed by atoms with E-state index in [1.165, 1.54) is 12.8 Å². The molecule has 2 rings (SSSR count). The maximum atomic E-state index is 7.58. The van der Waals surface area contributed by atoms with Crippen LogP contribution in [0.1, 0.15) is 24.1 Å². The first-order valence-corrected chi connectivity index (χ1v) is 6.70. The largest absolute Gasteiger partial charge is 0.384 e. The number of ether oxygens (including phenoxy) is 1. The quantitative estimate of drug-likeness (QED) is 0.618. The molecule has 0 aromatic carbocycles. The number of hydrogen-bond acceptors (Lipinski definition) is 4. The molecule has 0 radical (unpaired) electrons. The lowest BCUT2D eigenvalue weighted by molar-refractivity contribution is 0.0873. The fourth-order valence-electron chi connectivity index (χ4n) is 2.72. The van der Waals surface area contributed by atoms with Crippen LogP contribution in [0, 0.1) is 11.3 Å². The van der Waals surface area contributed by atoms with Crippen LogP contribution in [0.5, 0.6) is 0 Å². The standard InChI is InChI=1S/C14H22N4O/c1-19-10-11-4-3-7-18(8-11)9-12-5-2-6-17-13(12)14(15)16/h2,5-6,11H,3-4,7-10H2,1H3,(H3,15,16). The molecule has 2 heterocycles. The summed E-state index contributed by atoms with van der Waals surface area (Å²) in [5.41, 5.74) is 7.22. The molecular weight excluding hydrogens is 240 g/mol. The number of piperidine rings is 1. The van der Waals surface area contributed by atoms with Crippen LogP contribution in [0.25, 0.3) is 0 Å². The third kappa shape index (κ3) is 3.75. The van der Waals surface area contributed by atoms with Crippen molar-refractivity contribution in [2.24, 2.45) is 11.7 Å². The lowest BCUT2D eigenvalue weighted by Crippen LogP contribution is -2.37. The van der Waals surface area contributed by atoms with Gasteiger partial charge in [-0.15, -0.1) is 0 Å². The molecule has 1 saturated heterocycles. The normalized spacial score (nSPS) is 20.4. The van der Waals surface area contributed by atoms with Gasteiger partial charge in [0, 0.05) is 26.4 Å². The van der Waals surface area contributed by atoms with E-state index in [0.29, 0.717) is 11.6 Å². The van der Waals surface area contributed by atoms with E-state index in [-0.39, 0.29) is 5.84 Å². The Labute approximate surface area is 114 Å². The number of likely N-dealkylation sites (tertiary alicyclic amines) is 1. The van der Waals surface area contributed by atoms with Gasteiger partial charge in [-0.1, -0.05) is 6.07 Å². The van der Waals surface area contributed by atoms with Gasteiger partial charge in [0.1, 0.15) is 11.5 Å². The third-order valence-electron chi connectivity index (χ3n) is 3.55. The zero-order valence-corrected chi connectivity index (χ0v) is 11.4. The summed E-state index contributed by atoms with van der Waals surface area (Å²) in [4.78, 5) is 6.60. The zero-order chi connectivity index (χ0) is 13.7. The molecule has 104 valence electrons. The first-order chi connectivity index (χ1) is 9.20. The average Bonchev–Trinajstić information content (AvgIpc) is 2.40. The van der Waals surface area contributed by atoms with Crippen molar-refractivity contribution < 1.29 is 4.74 Å². The number of rotatable bonds is 5. The number of nitrogens with zero attached hydrogens (tertiary/aromatic N) is 2. The molecule has 1 aliphatic heterocycles. The van der Waals surface area contributed by atoms with Gasteiger partial charge >= 0.3 is 0 Å². The second-order valence-electron chi connectivity index (χ2n) is 5.12. The second kappa shape index (κ2) is 6.63. The van der Waals surface area contributed by atoms with Gasteiger partial charge in [-0.3, -0.25) is 15.3 Å². The Kier molecular flexibility index (Phi) is 4.87. The Morgan fingerprint density at radius 3 is 3.21 bits per heavy atom. The number of amidine groups is 1. The van der Waals surface area contributed by atoms with Crippen molar-refractivity contribution in [3.63, 3.8) is 0 Å². The van der Waals surface area contributed by atoms with Crippen molar-refractivity contribution in [3.8, 4) is 0 Å².